The molecule has 1 heterocycles. The molecule has 0 atom stereocenters. The molecule has 32 heavy (non-hydrogen) atoms. The average Bonchev–Trinajstić information content (AvgIpc) is 3.21. The van der Waals surface area contributed by atoms with Crippen molar-refractivity contribution >= 4 is 29.2 Å². The Labute approximate surface area is 183 Å². The first-order chi connectivity index (χ1) is 15.1. The standard InChI is InChI=1S/C21H14ClF4NO5/c22-16-3-1-2-15(21(24,25)26)19(16)27-18(28)11-31-20(29)17-9-8-14(32-17)10-30-13-6-4-12(23)5-7-13/h1-9H,10-11H2,(H,27,28). The molecule has 0 aliphatic rings. The summed E-state index contributed by atoms with van der Waals surface area (Å²) in [7, 11) is 0. The average molecular weight is 472 g/mol. The number of hydrogen-bond donors (Lipinski definition) is 1. The van der Waals surface area contributed by atoms with Crippen LogP contribution in [0.2, 0.25) is 5.02 Å². The van der Waals surface area contributed by atoms with E-state index in [0.717, 1.165) is 12.1 Å². The first kappa shape index (κ1) is 23.1. The van der Waals surface area contributed by atoms with Crippen LogP contribution in [0, 0.1) is 5.82 Å². The number of anilines is 1. The number of ether oxygens (including phenoxy) is 2. The first-order valence-corrected chi connectivity index (χ1v) is 9.31. The van der Waals surface area contributed by atoms with Gasteiger partial charge < -0.3 is 19.2 Å². The van der Waals surface area contributed by atoms with Crippen LogP contribution in [0.3, 0.4) is 0 Å². The molecule has 2 aromatic carbocycles. The molecule has 6 nitrogen and oxygen atoms in total. The second-order valence-corrected chi connectivity index (χ2v) is 6.70. The molecule has 1 aromatic heterocycles. The SMILES string of the molecule is O=C(COC(=O)c1ccc(COc2ccc(F)cc2)o1)Nc1c(Cl)cccc1C(F)(F)F. The van der Waals surface area contributed by atoms with Crippen molar-refractivity contribution in [3.8, 4) is 5.75 Å². The van der Waals surface area contributed by atoms with E-state index in [1.54, 1.807) is 0 Å². The number of benzene rings is 2. The quantitative estimate of drug-likeness (QED) is 0.365. The fourth-order valence-corrected chi connectivity index (χ4v) is 2.74. The van der Waals surface area contributed by atoms with Crippen molar-refractivity contribution in [2.24, 2.45) is 0 Å². The van der Waals surface area contributed by atoms with Crippen LogP contribution in [0.1, 0.15) is 21.9 Å². The van der Waals surface area contributed by atoms with E-state index in [2.05, 4.69) is 0 Å². The van der Waals surface area contributed by atoms with Gasteiger partial charge in [-0.25, -0.2) is 9.18 Å². The molecule has 0 bridgehead atoms. The molecule has 0 saturated heterocycles. The summed E-state index contributed by atoms with van der Waals surface area (Å²) in [6, 6.07) is 11.0. The zero-order valence-corrected chi connectivity index (χ0v) is 16.8. The second-order valence-electron chi connectivity index (χ2n) is 6.29. The lowest BCUT2D eigenvalue weighted by Crippen LogP contribution is -2.23. The van der Waals surface area contributed by atoms with Gasteiger partial charge in [0, 0.05) is 0 Å². The third-order valence-electron chi connectivity index (χ3n) is 3.98. The number of esters is 1. The van der Waals surface area contributed by atoms with Crippen LogP contribution < -0.4 is 10.1 Å². The molecule has 168 valence electrons. The zero-order chi connectivity index (χ0) is 23.3. The minimum Gasteiger partial charge on any atom is -0.486 e. The Hall–Kier alpha value is -3.53. The molecular weight excluding hydrogens is 458 g/mol. The van der Waals surface area contributed by atoms with Crippen molar-refractivity contribution in [1.29, 1.82) is 0 Å². The van der Waals surface area contributed by atoms with Gasteiger partial charge in [-0.2, -0.15) is 13.2 Å². The summed E-state index contributed by atoms with van der Waals surface area (Å²) in [5.41, 5.74) is -1.78. The van der Waals surface area contributed by atoms with Crippen LogP contribution in [0.25, 0.3) is 0 Å². The Morgan fingerprint density at radius 3 is 2.44 bits per heavy atom. The van der Waals surface area contributed by atoms with Gasteiger partial charge in [-0.05, 0) is 48.5 Å². The lowest BCUT2D eigenvalue weighted by Gasteiger charge is -2.15. The Balaban J connectivity index is 1.54. The summed E-state index contributed by atoms with van der Waals surface area (Å²) in [5, 5.41) is 1.67. The molecule has 0 radical (unpaired) electrons. The highest BCUT2D eigenvalue weighted by Crippen LogP contribution is 2.38. The maximum absolute atomic E-state index is 13.1. The molecule has 11 heteroatoms. The molecule has 3 aromatic rings. The Bertz CT molecular complexity index is 1110. The van der Waals surface area contributed by atoms with E-state index in [4.69, 9.17) is 25.5 Å². The van der Waals surface area contributed by atoms with Crippen LogP contribution >= 0.6 is 11.6 Å². The maximum atomic E-state index is 13.1. The van der Waals surface area contributed by atoms with E-state index in [1.807, 2.05) is 5.32 Å². The van der Waals surface area contributed by atoms with Crippen molar-refractivity contribution in [1.82, 2.24) is 0 Å². The second kappa shape index (κ2) is 9.73. The van der Waals surface area contributed by atoms with Crippen LogP contribution in [0.15, 0.2) is 59.0 Å². The highest BCUT2D eigenvalue weighted by Gasteiger charge is 2.34. The van der Waals surface area contributed by atoms with Gasteiger partial charge in [0.2, 0.25) is 5.76 Å². The molecule has 0 saturated carbocycles. The van der Waals surface area contributed by atoms with Crippen molar-refractivity contribution in [3.63, 3.8) is 0 Å². The number of halogens is 5. The fraction of sp³-hybridized carbons (Fsp3) is 0.143. The van der Waals surface area contributed by atoms with E-state index >= 15 is 0 Å². The summed E-state index contributed by atoms with van der Waals surface area (Å²) in [6.07, 6.45) is -4.75. The fourth-order valence-electron chi connectivity index (χ4n) is 2.52. The predicted molar refractivity (Wildman–Crippen MR) is 105 cm³/mol. The molecule has 1 amide bonds. The number of carbonyl (C=O) groups excluding carboxylic acids is 2. The Morgan fingerprint density at radius 1 is 1.03 bits per heavy atom. The number of amides is 1. The van der Waals surface area contributed by atoms with Crippen LogP contribution in [0.4, 0.5) is 23.2 Å². The molecule has 1 N–H and O–H groups in total. The third-order valence-corrected chi connectivity index (χ3v) is 4.29. The normalized spacial score (nSPS) is 11.2. The minimum atomic E-state index is -4.75. The van der Waals surface area contributed by atoms with Crippen LogP contribution in [-0.4, -0.2) is 18.5 Å². The summed E-state index contributed by atoms with van der Waals surface area (Å²) in [5.74, 6) is -2.08. The number of carbonyl (C=O) groups is 2. The van der Waals surface area contributed by atoms with Gasteiger partial charge in [-0.15, -0.1) is 0 Å². The van der Waals surface area contributed by atoms with Crippen molar-refractivity contribution < 1.29 is 41.0 Å². The summed E-state index contributed by atoms with van der Waals surface area (Å²) in [6.45, 7) is -0.935. The monoisotopic (exact) mass is 471 g/mol. The van der Waals surface area contributed by atoms with Crippen LogP contribution in [0.5, 0.6) is 5.75 Å². The summed E-state index contributed by atoms with van der Waals surface area (Å²) >= 11 is 5.75. The summed E-state index contributed by atoms with van der Waals surface area (Å²) in [4.78, 5) is 24.0. The smallest absolute Gasteiger partial charge is 0.418 e. The van der Waals surface area contributed by atoms with E-state index in [9.17, 15) is 27.2 Å². The maximum Gasteiger partial charge on any atom is 0.418 e. The van der Waals surface area contributed by atoms with Gasteiger partial charge in [0.15, 0.2) is 6.61 Å². The third kappa shape index (κ3) is 6.01. The molecule has 0 unspecified atom stereocenters. The molecule has 0 spiro atoms. The first-order valence-electron chi connectivity index (χ1n) is 8.93. The van der Waals surface area contributed by atoms with Gasteiger partial charge >= 0.3 is 12.1 Å². The number of furan rings is 1. The number of nitrogens with one attached hydrogen (secondary N) is 1. The minimum absolute atomic E-state index is 0.0634. The topological polar surface area (TPSA) is 77.8 Å². The molecule has 0 aliphatic carbocycles. The highest BCUT2D eigenvalue weighted by molar-refractivity contribution is 6.34. The molecule has 3 rings (SSSR count). The van der Waals surface area contributed by atoms with Gasteiger partial charge in [-0.3, -0.25) is 4.79 Å². The van der Waals surface area contributed by atoms with Gasteiger partial charge in [0.05, 0.1) is 16.3 Å². The zero-order valence-electron chi connectivity index (χ0n) is 16.0. The Kier molecular flexibility index (Phi) is 7.04. The van der Waals surface area contributed by atoms with E-state index in [1.165, 1.54) is 42.5 Å². The molecule has 0 aliphatic heterocycles. The van der Waals surface area contributed by atoms with E-state index < -0.39 is 41.7 Å². The number of rotatable bonds is 7. The number of para-hydroxylation sites is 1. The Morgan fingerprint density at radius 2 is 1.75 bits per heavy atom. The number of alkyl halides is 3. The predicted octanol–water partition coefficient (Wildman–Crippen LogP) is 5.47. The van der Waals surface area contributed by atoms with Crippen LogP contribution in [-0.2, 0) is 22.3 Å². The van der Waals surface area contributed by atoms with Gasteiger partial charge in [0.1, 0.15) is 23.9 Å². The molecule has 0 fully saturated rings. The van der Waals surface area contributed by atoms with E-state index in [-0.39, 0.29) is 23.2 Å². The summed E-state index contributed by atoms with van der Waals surface area (Å²) < 4.78 is 67.5. The van der Waals surface area contributed by atoms with Crippen molar-refractivity contribution in [3.05, 3.63) is 82.5 Å². The van der Waals surface area contributed by atoms with E-state index in [0.29, 0.717) is 5.75 Å². The lowest BCUT2D eigenvalue weighted by molar-refractivity contribution is -0.137. The van der Waals surface area contributed by atoms with Gasteiger partial charge in [-0.1, -0.05) is 17.7 Å². The largest absolute Gasteiger partial charge is 0.486 e. The van der Waals surface area contributed by atoms with Crippen molar-refractivity contribution in [2.75, 3.05) is 11.9 Å². The van der Waals surface area contributed by atoms with Crippen molar-refractivity contribution in [2.45, 2.75) is 12.8 Å². The highest BCUT2D eigenvalue weighted by atomic mass is 35.5. The lowest BCUT2D eigenvalue weighted by atomic mass is 10.1. The molecular formula is C21H14ClF4NO5. The van der Waals surface area contributed by atoms with Gasteiger partial charge in [0.25, 0.3) is 5.91 Å². The number of hydrogen-bond acceptors (Lipinski definition) is 5.